The van der Waals surface area contributed by atoms with Gasteiger partial charge in [0, 0.05) is 38.6 Å². The fourth-order valence-corrected chi connectivity index (χ4v) is 5.14. The molecule has 3 atom stereocenters. The van der Waals surface area contributed by atoms with Gasteiger partial charge in [-0.1, -0.05) is 12.1 Å². The Morgan fingerprint density at radius 3 is 2.42 bits per heavy atom. The zero-order valence-corrected chi connectivity index (χ0v) is 20.1. The molecular formula is C25H35N3O5. The van der Waals surface area contributed by atoms with E-state index in [0.29, 0.717) is 39.0 Å². The van der Waals surface area contributed by atoms with Gasteiger partial charge in [0.05, 0.1) is 7.11 Å². The van der Waals surface area contributed by atoms with Crippen molar-refractivity contribution in [1.82, 2.24) is 14.7 Å². The van der Waals surface area contributed by atoms with Gasteiger partial charge in [0.15, 0.2) is 0 Å². The summed E-state index contributed by atoms with van der Waals surface area (Å²) in [5.74, 6) is 1.01. The third-order valence-electron chi connectivity index (χ3n) is 6.77. The molecule has 0 spiro atoms. The van der Waals surface area contributed by atoms with Gasteiger partial charge in [0.25, 0.3) is 0 Å². The van der Waals surface area contributed by atoms with Crippen molar-refractivity contribution >= 4 is 17.9 Å². The van der Waals surface area contributed by atoms with E-state index in [-0.39, 0.29) is 29.9 Å². The van der Waals surface area contributed by atoms with E-state index in [1.807, 2.05) is 49.9 Å². The number of methoxy groups -OCH3 is 1. The number of piperidine rings is 1. The van der Waals surface area contributed by atoms with E-state index in [9.17, 15) is 14.4 Å². The Balaban J connectivity index is 1.46. The third-order valence-corrected chi connectivity index (χ3v) is 6.77. The van der Waals surface area contributed by atoms with Crippen molar-refractivity contribution in [1.29, 1.82) is 0 Å². The number of ether oxygens (including phenoxy) is 2. The molecule has 0 N–H and O–H groups in total. The molecule has 4 aliphatic heterocycles. The molecule has 4 heterocycles. The molecule has 1 aromatic rings. The number of nitrogens with zero attached hydrogens (tertiary/aromatic N) is 3. The van der Waals surface area contributed by atoms with Crippen LogP contribution in [0.3, 0.4) is 0 Å². The molecule has 0 aliphatic carbocycles. The summed E-state index contributed by atoms with van der Waals surface area (Å²) in [7, 11) is 1.62. The van der Waals surface area contributed by atoms with E-state index >= 15 is 0 Å². The number of benzene rings is 1. The van der Waals surface area contributed by atoms with Crippen molar-refractivity contribution < 1.29 is 23.9 Å². The number of carbonyl (C=O) groups is 3. The molecule has 0 radical (unpaired) electrons. The predicted molar refractivity (Wildman–Crippen MR) is 123 cm³/mol. The van der Waals surface area contributed by atoms with Crippen molar-refractivity contribution in [3.63, 3.8) is 0 Å². The highest BCUT2D eigenvalue weighted by Gasteiger charge is 2.44. The van der Waals surface area contributed by atoms with Crippen molar-refractivity contribution in [2.45, 2.75) is 70.7 Å². The summed E-state index contributed by atoms with van der Waals surface area (Å²) in [6.07, 6.45) is 2.48. The Labute approximate surface area is 195 Å². The summed E-state index contributed by atoms with van der Waals surface area (Å²) in [6.45, 7) is 7.71. The normalized spacial score (nSPS) is 25.3. The molecular weight excluding hydrogens is 422 g/mol. The van der Waals surface area contributed by atoms with Gasteiger partial charge in [-0.15, -0.1) is 0 Å². The first-order valence-electron chi connectivity index (χ1n) is 11.9. The zero-order valence-electron chi connectivity index (χ0n) is 20.1. The van der Waals surface area contributed by atoms with E-state index in [4.69, 9.17) is 9.47 Å². The second-order valence-electron chi connectivity index (χ2n) is 10.4. The van der Waals surface area contributed by atoms with Crippen LogP contribution in [0.1, 0.15) is 52.0 Å². The van der Waals surface area contributed by atoms with Crippen LogP contribution in [0.4, 0.5) is 4.79 Å². The number of hydrogen-bond acceptors (Lipinski definition) is 5. The average molecular weight is 458 g/mol. The van der Waals surface area contributed by atoms with Crippen LogP contribution in [0, 0.1) is 5.92 Å². The van der Waals surface area contributed by atoms with Gasteiger partial charge >= 0.3 is 6.09 Å². The summed E-state index contributed by atoms with van der Waals surface area (Å²) in [5.41, 5.74) is 0.418. The molecule has 0 saturated carbocycles. The molecule has 3 unspecified atom stereocenters. The maximum Gasteiger partial charge on any atom is 0.410 e. The van der Waals surface area contributed by atoms with Crippen LogP contribution >= 0.6 is 0 Å². The van der Waals surface area contributed by atoms with Crippen LogP contribution in [-0.2, 0) is 20.9 Å². The predicted octanol–water partition coefficient (Wildman–Crippen LogP) is 3.04. The fraction of sp³-hybridized carbons (Fsp3) is 0.640. The van der Waals surface area contributed by atoms with Gasteiger partial charge < -0.3 is 24.2 Å². The summed E-state index contributed by atoms with van der Waals surface area (Å²) < 4.78 is 10.8. The van der Waals surface area contributed by atoms with E-state index in [1.165, 1.54) is 0 Å². The molecule has 5 rings (SSSR count). The van der Waals surface area contributed by atoms with Crippen LogP contribution in [0.25, 0.3) is 0 Å². The molecule has 8 heteroatoms. The molecule has 0 aromatic heterocycles. The topological polar surface area (TPSA) is 79.4 Å². The van der Waals surface area contributed by atoms with Gasteiger partial charge in [0.2, 0.25) is 11.8 Å². The maximum absolute atomic E-state index is 13.7. The van der Waals surface area contributed by atoms with Crippen LogP contribution in [0.5, 0.6) is 5.75 Å². The van der Waals surface area contributed by atoms with Crippen LogP contribution < -0.4 is 4.74 Å². The lowest BCUT2D eigenvalue weighted by Gasteiger charge is -2.39. The van der Waals surface area contributed by atoms with Gasteiger partial charge in [-0.05, 0) is 63.6 Å². The first-order valence-corrected chi connectivity index (χ1v) is 11.9. The molecule has 2 bridgehead atoms. The van der Waals surface area contributed by atoms with E-state index < -0.39 is 11.6 Å². The van der Waals surface area contributed by atoms with Crippen LogP contribution in [0.15, 0.2) is 24.3 Å². The third kappa shape index (κ3) is 5.25. The second kappa shape index (κ2) is 9.23. The molecule has 4 fully saturated rings. The fourth-order valence-electron chi connectivity index (χ4n) is 5.14. The molecule has 1 aromatic carbocycles. The van der Waals surface area contributed by atoms with E-state index in [1.54, 1.807) is 16.9 Å². The van der Waals surface area contributed by atoms with Gasteiger partial charge in [-0.2, -0.15) is 0 Å². The minimum atomic E-state index is -0.551. The molecule has 4 saturated heterocycles. The Morgan fingerprint density at radius 2 is 1.76 bits per heavy atom. The number of rotatable bonds is 4. The van der Waals surface area contributed by atoms with Crippen molar-refractivity contribution in [2.24, 2.45) is 5.92 Å². The average Bonchev–Trinajstić information content (AvgIpc) is 2.94. The highest BCUT2D eigenvalue weighted by atomic mass is 16.6. The minimum absolute atomic E-state index is 0.00935. The lowest BCUT2D eigenvalue weighted by atomic mass is 9.94. The minimum Gasteiger partial charge on any atom is -0.497 e. The van der Waals surface area contributed by atoms with E-state index in [0.717, 1.165) is 24.2 Å². The second-order valence-corrected chi connectivity index (χ2v) is 10.4. The first kappa shape index (κ1) is 23.4. The number of fused-ring (bicyclic) bond motifs is 4. The largest absolute Gasteiger partial charge is 0.497 e. The number of hydrogen-bond donors (Lipinski definition) is 0. The molecule has 8 nitrogen and oxygen atoms in total. The monoisotopic (exact) mass is 457 g/mol. The smallest absolute Gasteiger partial charge is 0.410 e. The molecule has 3 amide bonds. The lowest BCUT2D eigenvalue weighted by molar-refractivity contribution is -0.144. The Bertz CT molecular complexity index is 894. The summed E-state index contributed by atoms with van der Waals surface area (Å²) in [4.78, 5) is 44.4. The SMILES string of the molecule is COc1ccc(CN2C(=O)CCC2C(=O)N2CC3CCC2CN(C(=O)OC(C)(C)C)C3)cc1. The van der Waals surface area contributed by atoms with Crippen molar-refractivity contribution in [2.75, 3.05) is 26.7 Å². The number of likely N-dealkylation sites (tertiary alicyclic amines) is 1. The van der Waals surface area contributed by atoms with E-state index in [2.05, 4.69) is 0 Å². The Hall–Kier alpha value is -2.77. The first-order chi connectivity index (χ1) is 15.6. The molecule has 33 heavy (non-hydrogen) atoms. The quantitative estimate of drug-likeness (QED) is 0.694. The van der Waals surface area contributed by atoms with Crippen LogP contribution in [0.2, 0.25) is 0 Å². The molecule has 4 aliphatic rings. The highest BCUT2D eigenvalue weighted by Crippen LogP contribution is 2.32. The number of carbonyl (C=O) groups excluding carboxylic acids is 3. The van der Waals surface area contributed by atoms with Gasteiger partial charge in [0.1, 0.15) is 17.4 Å². The summed E-state index contributed by atoms with van der Waals surface area (Å²) >= 11 is 0. The highest BCUT2D eigenvalue weighted by molar-refractivity contribution is 5.91. The Morgan fingerprint density at radius 1 is 1.03 bits per heavy atom. The Kier molecular flexibility index (Phi) is 6.54. The number of amides is 3. The lowest BCUT2D eigenvalue weighted by Crippen LogP contribution is -2.54. The van der Waals surface area contributed by atoms with Crippen molar-refractivity contribution in [3.05, 3.63) is 29.8 Å². The zero-order chi connectivity index (χ0) is 23.8. The maximum atomic E-state index is 13.7. The summed E-state index contributed by atoms with van der Waals surface area (Å²) in [5, 5.41) is 0. The van der Waals surface area contributed by atoms with Gasteiger partial charge in [-0.25, -0.2) is 4.79 Å². The van der Waals surface area contributed by atoms with Crippen LogP contribution in [-0.4, -0.2) is 77.0 Å². The molecule has 180 valence electrons. The van der Waals surface area contributed by atoms with Gasteiger partial charge in [-0.3, -0.25) is 9.59 Å². The standard InChI is InChI=1S/C25H35N3O5/c1-25(2,3)33-24(31)26-13-18-5-8-19(16-26)27(15-18)23(30)21-11-12-22(29)28(21)14-17-6-9-20(32-4)10-7-17/h6-7,9-10,18-19,21H,5,8,11-16H2,1-4H3. The van der Waals surface area contributed by atoms with Crippen molar-refractivity contribution in [3.8, 4) is 5.75 Å². The summed E-state index contributed by atoms with van der Waals surface area (Å²) in [6, 6.07) is 7.10.